The van der Waals surface area contributed by atoms with Crippen molar-refractivity contribution in [1.29, 1.82) is 0 Å². The summed E-state index contributed by atoms with van der Waals surface area (Å²) in [7, 11) is -3.29. The first-order chi connectivity index (χ1) is 4.84. The molecule has 0 aliphatic rings. The van der Waals surface area contributed by atoms with Gasteiger partial charge in [-0.15, -0.1) is 0 Å². The molecule has 0 aromatic heterocycles. The maximum atomic E-state index is 11.9. The zero-order valence-corrected chi connectivity index (χ0v) is 6.99. The number of allylic oxidation sites excluding steroid dienone is 3. The van der Waals surface area contributed by atoms with Crippen LogP contribution in [0.5, 0.6) is 0 Å². The Labute approximate surface area is 65.7 Å². The Hall–Kier alpha value is -0.900. The van der Waals surface area contributed by atoms with Gasteiger partial charge < -0.3 is 0 Å². The third-order valence-corrected chi connectivity index (χ3v) is 2.01. The molecule has 11 heavy (non-hydrogen) atoms. The number of halogens is 1. The summed E-state index contributed by atoms with van der Waals surface area (Å²) in [5.74, 6) is -0.699. The fraction of sp³-hybridized carbons (Fsp3) is 0.143. The van der Waals surface area contributed by atoms with Gasteiger partial charge in [-0.05, 0) is 12.2 Å². The van der Waals surface area contributed by atoms with E-state index in [2.05, 4.69) is 13.2 Å². The number of rotatable bonds is 3. The van der Waals surface area contributed by atoms with E-state index >= 15 is 0 Å². The van der Waals surface area contributed by atoms with Gasteiger partial charge in [0, 0.05) is 6.26 Å². The van der Waals surface area contributed by atoms with E-state index in [-0.39, 0.29) is 4.91 Å². The first-order valence-corrected chi connectivity index (χ1v) is 4.64. The predicted octanol–water partition coefficient (Wildman–Crippen LogP) is 1.58. The Kier molecular flexibility index (Phi) is 3.19. The summed E-state index contributed by atoms with van der Waals surface area (Å²) >= 11 is 0. The monoisotopic (exact) mass is 176 g/mol. The Morgan fingerprint density at radius 2 is 1.82 bits per heavy atom. The minimum atomic E-state index is -3.29. The zero-order chi connectivity index (χ0) is 9.07. The van der Waals surface area contributed by atoms with Crippen molar-refractivity contribution < 1.29 is 12.8 Å². The molecule has 0 aliphatic carbocycles. The van der Waals surface area contributed by atoms with Crippen LogP contribution in [0.3, 0.4) is 0 Å². The molecule has 0 spiro atoms. The van der Waals surface area contributed by atoms with Crippen molar-refractivity contribution in [2.24, 2.45) is 0 Å². The van der Waals surface area contributed by atoms with E-state index in [0.717, 1.165) is 18.4 Å². The summed E-state index contributed by atoms with van der Waals surface area (Å²) in [5, 5.41) is 0. The second-order valence-corrected chi connectivity index (χ2v) is 4.09. The van der Waals surface area contributed by atoms with Gasteiger partial charge >= 0.3 is 0 Å². The fourth-order valence-corrected chi connectivity index (χ4v) is 0.622. The lowest BCUT2D eigenvalue weighted by Gasteiger charge is -1.92. The minimum absolute atomic E-state index is 0.128. The highest BCUT2D eigenvalue weighted by Gasteiger charge is 2.02. The van der Waals surface area contributed by atoms with Crippen LogP contribution in [-0.4, -0.2) is 14.7 Å². The highest BCUT2D eigenvalue weighted by Crippen LogP contribution is 2.04. The summed E-state index contributed by atoms with van der Waals surface area (Å²) in [4.78, 5) is -0.128. The van der Waals surface area contributed by atoms with Crippen LogP contribution in [0.25, 0.3) is 0 Å². The largest absolute Gasteiger partial charge is 0.224 e. The molecule has 0 saturated carbocycles. The predicted molar refractivity (Wildman–Crippen MR) is 43.4 cm³/mol. The number of hydrogen-bond donors (Lipinski definition) is 0. The van der Waals surface area contributed by atoms with Crippen molar-refractivity contribution in [3.05, 3.63) is 36.0 Å². The Balaban J connectivity index is 4.46. The molecule has 4 heteroatoms. The van der Waals surface area contributed by atoms with E-state index in [1.165, 1.54) is 0 Å². The van der Waals surface area contributed by atoms with Crippen molar-refractivity contribution in [3.63, 3.8) is 0 Å². The normalized spacial score (nSPS) is 11.8. The van der Waals surface area contributed by atoms with Gasteiger partial charge in [0.1, 0.15) is 5.83 Å². The molecule has 0 atom stereocenters. The molecule has 0 unspecified atom stereocenters. The first-order valence-electron chi connectivity index (χ1n) is 2.75. The van der Waals surface area contributed by atoms with Gasteiger partial charge in [-0.2, -0.15) is 0 Å². The first kappa shape index (κ1) is 10.1. The molecule has 0 amide bonds. The van der Waals surface area contributed by atoms with Gasteiger partial charge in [0.15, 0.2) is 9.84 Å². The highest BCUT2D eigenvalue weighted by molar-refractivity contribution is 7.94. The second-order valence-electron chi connectivity index (χ2n) is 2.02. The van der Waals surface area contributed by atoms with Gasteiger partial charge in [0.25, 0.3) is 0 Å². The van der Waals surface area contributed by atoms with Gasteiger partial charge in [0.2, 0.25) is 0 Å². The number of hydrogen-bond acceptors (Lipinski definition) is 2. The van der Waals surface area contributed by atoms with Crippen molar-refractivity contribution >= 4 is 9.84 Å². The number of sulfone groups is 1. The van der Waals surface area contributed by atoms with Crippen LogP contribution >= 0.6 is 0 Å². The Morgan fingerprint density at radius 3 is 2.09 bits per heavy atom. The van der Waals surface area contributed by atoms with Crippen molar-refractivity contribution in [2.45, 2.75) is 0 Å². The third kappa shape index (κ3) is 4.50. The fourth-order valence-electron chi connectivity index (χ4n) is 0.307. The molecule has 0 aromatic rings. The van der Waals surface area contributed by atoms with Crippen molar-refractivity contribution in [2.75, 3.05) is 6.26 Å². The van der Waals surface area contributed by atoms with Crippen LogP contribution in [0.1, 0.15) is 0 Å². The van der Waals surface area contributed by atoms with Crippen molar-refractivity contribution in [1.82, 2.24) is 0 Å². The van der Waals surface area contributed by atoms with Gasteiger partial charge in [-0.3, -0.25) is 0 Å². The van der Waals surface area contributed by atoms with E-state index in [9.17, 15) is 12.8 Å². The average molecular weight is 176 g/mol. The van der Waals surface area contributed by atoms with Gasteiger partial charge in [-0.1, -0.05) is 13.2 Å². The molecular weight excluding hydrogens is 167 g/mol. The lowest BCUT2D eigenvalue weighted by Crippen LogP contribution is -1.95. The zero-order valence-electron chi connectivity index (χ0n) is 6.17. The molecule has 0 aromatic carbocycles. The molecule has 0 bridgehead atoms. The van der Waals surface area contributed by atoms with Gasteiger partial charge in [0.05, 0.1) is 4.91 Å². The SMILES string of the molecule is C=C(F)/C=C\C(=C)S(C)(=O)=O. The lowest BCUT2D eigenvalue weighted by molar-refractivity contribution is 0.608. The topological polar surface area (TPSA) is 34.1 Å². The average Bonchev–Trinajstić information content (AvgIpc) is 1.80. The maximum Gasteiger partial charge on any atom is 0.174 e. The van der Waals surface area contributed by atoms with Crippen LogP contribution in [0.15, 0.2) is 36.0 Å². The summed E-state index contributed by atoms with van der Waals surface area (Å²) in [6, 6.07) is 0. The summed E-state index contributed by atoms with van der Waals surface area (Å²) in [6.07, 6.45) is 3.02. The summed E-state index contributed by atoms with van der Waals surface area (Å²) in [6.45, 7) is 6.14. The quantitative estimate of drug-likeness (QED) is 0.612. The second kappa shape index (κ2) is 3.48. The van der Waals surface area contributed by atoms with Crippen LogP contribution < -0.4 is 0 Å². The molecular formula is C7H9FO2S. The molecule has 0 rings (SSSR count). The Bertz CT molecular complexity index is 298. The minimum Gasteiger partial charge on any atom is -0.224 e. The van der Waals surface area contributed by atoms with E-state index in [0.29, 0.717) is 0 Å². The Morgan fingerprint density at radius 1 is 1.36 bits per heavy atom. The van der Waals surface area contributed by atoms with E-state index < -0.39 is 15.7 Å². The molecule has 0 heterocycles. The molecule has 0 fully saturated rings. The molecule has 0 aliphatic heterocycles. The molecule has 2 nitrogen and oxygen atoms in total. The lowest BCUT2D eigenvalue weighted by atomic mass is 10.4. The summed E-state index contributed by atoms with van der Waals surface area (Å²) < 4.78 is 33.2. The molecule has 0 N–H and O–H groups in total. The van der Waals surface area contributed by atoms with Crippen LogP contribution in [-0.2, 0) is 9.84 Å². The van der Waals surface area contributed by atoms with Crippen LogP contribution in [0.4, 0.5) is 4.39 Å². The molecule has 62 valence electrons. The van der Waals surface area contributed by atoms with E-state index in [1.54, 1.807) is 0 Å². The molecule has 0 radical (unpaired) electrons. The molecule has 0 saturated heterocycles. The summed E-state index contributed by atoms with van der Waals surface area (Å²) in [5.41, 5.74) is 0. The van der Waals surface area contributed by atoms with E-state index in [4.69, 9.17) is 0 Å². The highest BCUT2D eigenvalue weighted by atomic mass is 32.2. The smallest absolute Gasteiger partial charge is 0.174 e. The third-order valence-electron chi connectivity index (χ3n) is 0.926. The van der Waals surface area contributed by atoms with Crippen LogP contribution in [0, 0.1) is 0 Å². The van der Waals surface area contributed by atoms with Gasteiger partial charge in [-0.25, -0.2) is 12.8 Å². The standard InChI is InChI=1S/C7H9FO2S/c1-6(8)4-5-7(2)11(3,9)10/h4-5H,1-2H2,3H3/b5-4-. The van der Waals surface area contributed by atoms with E-state index in [1.807, 2.05) is 0 Å². The van der Waals surface area contributed by atoms with Crippen molar-refractivity contribution in [3.8, 4) is 0 Å². The van der Waals surface area contributed by atoms with Crippen LogP contribution in [0.2, 0.25) is 0 Å². The maximum absolute atomic E-state index is 11.9.